The highest BCUT2D eigenvalue weighted by atomic mass is 35.5. The third-order valence-corrected chi connectivity index (χ3v) is 3.83. The van der Waals surface area contributed by atoms with Crippen molar-refractivity contribution < 1.29 is 4.39 Å². The molecule has 0 amide bonds. The summed E-state index contributed by atoms with van der Waals surface area (Å²) in [6.07, 6.45) is 0. The number of hydrogen-bond acceptors (Lipinski definition) is 3. The minimum Gasteiger partial charge on any atom is -0.329 e. The summed E-state index contributed by atoms with van der Waals surface area (Å²) in [5, 5.41) is 0.617. The molecule has 2 rings (SSSR count). The lowest BCUT2D eigenvalue weighted by atomic mass is 10.1. The lowest BCUT2D eigenvalue weighted by Crippen LogP contribution is -2.54. The van der Waals surface area contributed by atoms with Gasteiger partial charge in [0, 0.05) is 43.8 Å². The molecular weight excluding hydrogens is 253 g/mol. The van der Waals surface area contributed by atoms with Crippen LogP contribution in [0.2, 0.25) is 5.02 Å². The highest BCUT2D eigenvalue weighted by molar-refractivity contribution is 6.31. The molecule has 1 heterocycles. The maximum atomic E-state index is 13.2. The molecule has 1 aromatic rings. The zero-order chi connectivity index (χ0) is 13.1. The van der Waals surface area contributed by atoms with Gasteiger partial charge in [0.2, 0.25) is 0 Å². The first-order chi connectivity index (χ1) is 8.60. The van der Waals surface area contributed by atoms with Crippen LogP contribution in [0.4, 0.5) is 4.39 Å². The Kier molecular flexibility index (Phi) is 4.56. The summed E-state index contributed by atoms with van der Waals surface area (Å²) in [6.45, 7) is 4.15. The Bertz CT molecular complexity index is 413. The predicted molar refractivity (Wildman–Crippen MR) is 72.2 cm³/mol. The van der Waals surface area contributed by atoms with Crippen molar-refractivity contribution in [2.45, 2.75) is 12.6 Å². The topological polar surface area (TPSA) is 32.5 Å². The lowest BCUT2D eigenvalue weighted by Gasteiger charge is -2.39. The highest BCUT2D eigenvalue weighted by Gasteiger charge is 2.24. The minimum atomic E-state index is -0.243. The van der Waals surface area contributed by atoms with Crippen LogP contribution in [-0.4, -0.2) is 49.1 Å². The van der Waals surface area contributed by atoms with E-state index in [0.717, 1.165) is 25.2 Å². The number of likely N-dealkylation sites (N-methyl/N-ethyl adjacent to an activating group) is 1. The van der Waals surface area contributed by atoms with Gasteiger partial charge in [0.25, 0.3) is 0 Å². The number of rotatable bonds is 3. The second kappa shape index (κ2) is 5.97. The van der Waals surface area contributed by atoms with Crippen LogP contribution >= 0.6 is 11.6 Å². The molecule has 0 saturated carbocycles. The van der Waals surface area contributed by atoms with Gasteiger partial charge in [-0.1, -0.05) is 11.6 Å². The van der Waals surface area contributed by atoms with Crippen LogP contribution in [0.15, 0.2) is 18.2 Å². The summed E-state index contributed by atoms with van der Waals surface area (Å²) in [5.74, 6) is -0.243. The molecule has 0 aliphatic carbocycles. The summed E-state index contributed by atoms with van der Waals surface area (Å²) >= 11 is 6.10. The SMILES string of the molecule is CN1CCN(Cc2cc(F)ccc2Cl)C(CN)C1. The van der Waals surface area contributed by atoms with Crippen molar-refractivity contribution in [3.05, 3.63) is 34.6 Å². The second-order valence-electron chi connectivity index (χ2n) is 4.86. The summed E-state index contributed by atoms with van der Waals surface area (Å²) in [7, 11) is 2.09. The van der Waals surface area contributed by atoms with Crippen molar-refractivity contribution in [3.63, 3.8) is 0 Å². The van der Waals surface area contributed by atoms with Gasteiger partial charge in [-0.3, -0.25) is 4.90 Å². The molecule has 1 aliphatic heterocycles. The van der Waals surface area contributed by atoms with Gasteiger partial charge in [0.05, 0.1) is 0 Å². The number of hydrogen-bond donors (Lipinski definition) is 1. The first-order valence-corrected chi connectivity index (χ1v) is 6.54. The van der Waals surface area contributed by atoms with Gasteiger partial charge in [-0.2, -0.15) is 0 Å². The fraction of sp³-hybridized carbons (Fsp3) is 0.538. The average molecular weight is 272 g/mol. The number of piperazine rings is 1. The van der Waals surface area contributed by atoms with Gasteiger partial charge in [0.15, 0.2) is 0 Å². The number of nitrogens with zero attached hydrogens (tertiary/aromatic N) is 2. The maximum absolute atomic E-state index is 13.2. The van der Waals surface area contributed by atoms with E-state index in [9.17, 15) is 4.39 Å². The molecule has 1 saturated heterocycles. The van der Waals surface area contributed by atoms with E-state index in [1.54, 1.807) is 6.07 Å². The van der Waals surface area contributed by atoms with Gasteiger partial charge >= 0.3 is 0 Å². The van der Waals surface area contributed by atoms with E-state index in [1.807, 2.05) is 0 Å². The minimum absolute atomic E-state index is 0.243. The van der Waals surface area contributed by atoms with Crippen molar-refractivity contribution in [2.75, 3.05) is 33.2 Å². The molecule has 0 spiro atoms. The standard InChI is InChI=1S/C13H19ClFN3/c1-17-4-5-18(12(7-16)9-17)8-10-6-11(15)2-3-13(10)14/h2-3,6,12H,4-5,7-9,16H2,1H3. The molecular formula is C13H19ClFN3. The first-order valence-electron chi connectivity index (χ1n) is 6.16. The molecule has 5 heteroatoms. The van der Waals surface area contributed by atoms with Crippen molar-refractivity contribution in [2.24, 2.45) is 5.73 Å². The Hall–Kier alpha value is -0.680. The van der Waals surface area contributed by atoms with Crippen LogP contribution in [0.3, 0.4) is 0 Å². The van der Waals surface area contributed by atoms with Gasteiger partial charge in [-0.25, -0.2) is 4.39 Å². The smallest absolute Gasteiger partial charge is 0.123 e. The van der Waals surface area contributed by atoms with E-state index < -0.39 is 0 Å². The van der Waals surface area contributed by atoms with Crippen LogP contribution in [0.5, 0.6) is 0 Å². The fourth-order valence-corrected chi connectivity index (χ4v) is 2.54. The Labute approximate surface area is 112 Å². The summed E-state index contributed by atoms with van der Waals surface area (Å²) in [6, 6.07) is 4.81. The largest absolute Gasteiger partial charge is 0.329 e. The molecule has 0 aromatic heterocycles. The second-order valence-corrected chi connectivity index (χ2v) is 5.27. The lowest BCUT2D eigenvalue weighted by molar-refractivity contribution is 0.0880. The summed E-state index contributed by atoms with van der Waals surface area (Å²) in [4.78, 5) is 4.54. The van der Waals surface area contributed by atoms with Crippen molar-refractivity contribution in [3.8, 4) is 0 Å². The molecule has 1 unspecified atom stereocenters. The van der Waals surface area contributed by atoms with Crippen LogP contribution in [0, 0.1) is 5.82 Å². The monoisotopic (exact) mass is 271 g/mol. The Morgan fingerprint density at radius 2 is 2.22 bits per heavy atom. The van der Waals surface area contributed by atoms with E-state index >= 15 is 0 Å². The molecule has 2 N–H and O–H groups in total. The molecule has 3 nitrogen and oxygen atoms in total. The summed E-state index contributed by atoms with van der Waals surface area (Å²) in [5.41, 5.74) is 6.64. The fourth-order valence-electron chi connectivity index (χ4n) is 2.36. The van der Waals surface area contributed by atoms with Gasteiger partial charge < -0.3 is 10.6 Å². The molecule has 100 valence electrons. The molecule has 0 radical (unpaired) electrons. The molecule has 1 aliphatic rings. The zero-order valence-electron chi connectivity index (χ0n) is 10.6. The maximum Gasteiger partial charge on any atom is 0.123 e. The van der Waals surface area contributed by atoms with Crippen LogP contribution in [0.25, 0.3) is 0 Å². The van der Waals surface area contributed by atoms with Crippen LogP contribution in [-0.2, 0) is 6.54 Å². The van der Waals surface area contributed by atoms with Gasteiger partial charge in [-0.05, 0) is 30.8 Å². The molecule has 1 atom stereocenters. The van der Waals surface area contributed by atoms with E-state index in [2.05, 4.69) is 16.8 Å². The van der Waals surface area contributed by atoms with Gasteiger partial charge in [0.1, 0.15) is 5.82 Å². The normalized spacial score (nSPS) is 22.3. The van der Waals surface area contributed by atoms with E-state index in [-0.39, 0.29) is 5.82 Å². The van der Waals surface area contributed by atoms with E-state index in [4.69, 9.17) is 17.3 Å². The van der Waals surface area contributed by atoms with Crippen LogP contribution < -0.4 is 5.73 Å². The van der Waals surface area contributed by atoms with Crippen molar-refractivity contribution in [1.82, 2.24) is 9.80 Å². The predicted octanol–water partition coefficient (Wildman–Crippen LogP) is 1.55. The zero-order valence-corrected chi connectivity index (χ0v) is 11.3. The summed E-state index contributed by atoms with van der Waals surface area (Å²) < 4.78 is 13.2. The highest BCUT2D eigenvalue weighted by Crippen LogP contribution is 2.21. The quantitative estimate of drug-likeness (QED) is 0.906. The van der Waals surface area contributed by atoms with Gasteiger partial charge in [-0.15, -0.1) is 0 Å². The third-order valence-electron chi connectivity index (χ3n) is 3.46. The number of nitrogens with two attached hydrogens (primary N) is 1. The average Bonchev–Trinajstić information content (AvgIpc) is 2.36. The Morgan fingerprint density at radius 1 is 1.44 bits per heavy atom. The number of halogens is 2. The Balaban J connectivity index is 2.10. The molecule has 0 bridgehead atoms. The van der Waals surface area contributed by atoms with Crippen LogP contribution in [0.1, 0.15) is 5.56 Å². The molecule has 1 aromatic carbocycles. The molecule has 1 fully saturated rings. The van der Waals surface area contributed by atoms with Crippen molar-refractivity contribution in [1.29, 1.82) is 0 Å². The number of benzene rings is 1. The van der Waals surface area contributed by atoms with Crippen molar-refractivity contribution >= 4 is 11.6 Å². The third kappa shape index (κ3) is 3.20. The van der Waals surface area contributed by atoms with E-state index in [0.29, 0.717) is 24.2 Å². The first kappa shape index (κ1) is 13.7. The van der Waals surface area contributed by atoms with E-state index in [1.165, 1.54) is 12.1 Å². The molecule has 18 heavy (non-hydrogen) atoms. The Morgan fingerprint density at radius 3 is 2.94 bits per heavy atom.